The molecular formula is C3H9Na2O7P. The third-order valence-corrected chi connectivity index (χ3v) is 1.10. The molecule has 0 aliphatic rings. The molecule has 13 heavy (non-hydrogen) atoms. The van der Waals surface area contributed by atoms with E-state index in [1.54, 1.807) is 0 Å². The van der Waals surface area contributed by atoms with Crippen molar-refractivity contribution in [1.82, 2.24) is 0 Å². The largest absolute Gasteiger partial charge is 1.00 e. The Labute approximate surface area is 120 Å². The Kier molecular flexibility index (Phi) is 22.5. The van der Waals surface area contributed by atoms with Gasteiger partial charge in [-0.25, -0.2) is 4.57 Å². The topological polar surface area (TPSA) is 144 Å². The van der Waals surface area contributed by atoms with Crippen LogP contribution in [0.1, 0.15) is 0 Å². The fraction of sp³-hybridized carbons (Fsp3) is 1.00. The molecule has 0 bridgehead atoms. The van der Waals surface area contributed by atoms with Crippen LogP contribution in [0.2, 0.25) is 0 Å². The summed E-state index contributed by atoms with van der Waals surface area (Å²) >= 11 is 0. The molecule has 0 amide bonds. The first-order valence-corrected chi connectivity index (χ1v) is 3.92. The van der Waals surface area contributed by atoms with Crippen LogP contribution in [-0.2, 0) is 9.09 Å². The van der Waals surface area contributed by atoms with Gasteiger partial charge in [-0.15, -0.1) is 6.10 Å². The predicted molar refractivity (Wildman–Crippen MR) is 30.3 cm³/mol. The predicted octanol–water partition coefficient (Wildman–Crippen LogP) is -9.63. The van der Waals surface area contributed by atoms with Crippen molar-refractivity contribution in [2.45, 2.75) is 6.10 Å². The maximum Gasteiger partial charge on any atom is 1.00 e. The summed E-state index contributed by atoms with van der Waals surface area (Å²) in [7, 11) is -4.57. The third kappa shape index (κ3) is 20.2. The summed E-state index contributed by atoms with van der Waals surface area (Å²) in [6.45, 7) is -1.69. The Hall–Kier alpha value is 1.99. The van der Waals surface area contributed by atoms with Crippen LogP contribution < -0.4 is 69.3 Å². The molecular weight excluding hydrogens is 225 g/mol. The van der Waals surface area contributed by atoms with Crippen LogP contribution in [0.4, 0.5) is 0 Å². The standard InChI is InChI=1S/C3H7O6P.2Na.H2O/c4-1-3(5)2-9-10(6,7)8;;;/h3H,1-2H2,(H2,6,7,8);;;1H2/q-2;2*+1;. The molecule has 0 rings (SSSR count). The molecule has 0 spiro atoms. The quantitative estimate of drug-likeness (QED) is 0.365. The van der Waals surface area contributed by atoms with E-state index >= 15 is 0 Å². The molecule has 0 aromatic carbocycles. The van der Waals surface area contributed by atoms with Crippen LogP contribution in [0, 0.1) is 0 Å². The van der Waals surface area contributed by atoms with Crippen molar-refractivity contribution in [1.29, 1.82) is 0 Å². The first-order valence-electron chi connectivity index (χ1n) is 2.39. The van der Waals surface area contributed by atoms with Crippen LogP contribution in [0.5, 0.6) is 0 Å². The summed E-state index contributed by atoms with van der Waals surface area (Å²) in [5, 5.41) is 19.9. The Morgan fingerprint density at radius 2 is 1.77 bits per heavy atom. The smallest absolute Gasteiger partial charge is 0.855 e. The fourth-order valence-electron chi connectivity index (χ4n) is 0.228. The maximum atomic E-state index is 10.2. The second kappa shape index (κ2) is 12.1. The van der Waals surface area contributed by atoms with Gasteiger partial charge in [-0.3, -0.25) is 4.52 Å². The SMILES string of the molecule is O.O=P(O)(O)OCC([O-])C[O-].[Na+].[Na+]. The molecule has 1 atom stereocenters. The van der Waals surface area contributed by atoms with Gasteiger partial charge in [-0.05, 0) is 0 Å². The van der Waals surface area contributed by atoms with E-state index in [1.807, 2.05) is 0 Å². The van der Waals surface area contributed by atoms with E-state index in [-0.39, 0.29) is 64.6 Å². The molecule has 10 heteroatoms. The van der Waals surface area contributed by atoms with Crippen molar-refractivity contribution in [3.05, 3.63) is 0 Å². The fourth-order valence-corrected chi connectivity index (χ4v) is 0.589. The van der Waals surface area contributed by atoms with Crippen molar-refractivity contribution < 1.29 is 93.7 Å². The minimum absolute atomic E-state index is 0. The van der Waals surface area contributed by atoms with Crippen molar-refractivity contribution in [2.24, 2.45) is 0 Å². The van der Waals surface area contributed by atoms with Gasteiger partial charge in [0, 0.05) is 6.61 Å². The molecule has 0 aliphatic heterocycles. The van der Waals surface area contributed by atoms with Crippen molar-refractivity contribution in [3.63, 3.8) is 0 Å². The zero-order valence-electron chi connectivity index (χ0n) is 7.47. The third-order valence-electron chi connectivity index (χ3n) is 0.614. The second-order valence-electron chi connectivity index (χ2n) is 1.58. The summed E-state index contributed by atoms with van der Waals surface area (Å²) < 4.78 is 13.6. The summed E-state index contributed by atoms with van der Waals surface area (Å²) in [4.78, 5) is 16.0. The van der Waals surface area contributed by atoms with Crippen LogP contribution in [0.15, 0.2) is 0 Å². The summed E-state index contributed by atoms with van der Waals surface area (Å²) in [6.07, 6.45) is -1.60. The van der Waals surface area contributed by atoms with E-state index in [0.717, 1.165) is 0 Å². The van der Waals surface area contributed by atoms with Gasteiger partial charge in [0.15, 0.2) is 0 Å². The van der Waals surface area contributed by atoms with E-state index < -0.39 is 27.1 Å². The Balaban J connectivity index is -0.000000135. The number of hydrogen-bond acceptors (Lipinski definition) is 4. The molecule has 0 aliphatic carbocycles. The monoisotopic (exact) mass is 234 g/mol. The van der Waals surface area contributed by atoms with Gasteiger partial charge >= 0.3 is 66.9 Å². The molecule has 70 valence electrons. The molecule has 0 heterocycles. The number of phosphoric ester groups is 1. The van der Waals surface area contributed by atoms with Gasteiger partial charge in [-0.2, -0.15) is 6.61 Å². The first kappa shape index (κ1) is 24.3. The second-order valence-corrected chi connectivity index (χ2v) is 2.81. The molecule has 0 aromatic heterocycles. The molecule has 0 saturated carbocycles. The summed E-state index contributed by atoms with van der Waals surface area (Å²) in [5.74, 6) is 0. The van der Waals surface area contributed by atoms with E-state index in [4.69, 9.17) is 9.79 Å². The average molecular weight is 234 g/mol. The number of rotatable bonds is 4. The zero-order chi connectivity index (χ0) is 8.20. The molecule has 1 unspecified atom stereocenters. The molecule has 0 radical (unpaired) electrons. The maximum absolute atomic E-state index is 10.2. The summed E-state index contributed by atoms with van der Waals surface area (Å²) in [6, 6.07) is 0. The average Bonchev–Trinajstić information content (AvgIpc) is 1.81. The van der Waals surface area contributed by atoms with Crippen LogP contribution in [0.3, 0.4) is 0 Å². The molecule has 0 aromatic rings. The Morgan fingerprint density at radius 1 is 1.38 bits per heavy atom. The van der Waals surface area contributed by atoms with Gasteiger partial charge in [0.1, 0.15) is 0 Å². The van der Waals surface area contributed by atoms with Crippen LogP contribution in [-0.4, -0.2) is 34.6 Å². The Bertz CT molecular complexity index is 138. The molecule has 4 N–H and O–H groups in total. The van der Waals surface area contributed by atoms with E-state index in [2.05, 4.69) is 4.52 Å². The van der Waals surface area contributed by atoms with Crippen molar-refractivity contribution >= 4 is 7.82 Å². The number of phosphoric acid groups is 1. The van der Waals surface area contributed by atoms with Gasteiger partial charge in [0.25, 0.3) is 0 Å². The van der Waals surface area contributed by atoms with Gasteiger partial charge in [-0.1, -0.05) is 0 Å². The zero-order valence-corrected chi connectivity index (χ0v) is 12.4. The minimum atomic E-state index is -4.57. The van der Waals surface area contributed by atoms with E-state index in [9.17, 15) is 14.8 Å². The van der Waals surface area contributed by atoms with Gasteiger partial charge < -0.3 is 25.5 Å². The van der Waals surface area contributed by atoms with Gasteiger partial charge in [0.05, 0.1) is 0 Å². The Morgan fingerprint density at radius 3 is 2.00 bits per heavy atom. The summed E-state index contributed by atoms with van der Waals surface area (Å²) in [5.41, 5.74) is 0. The normalized spacial score (nSPS) is 11.7. The number of hydrogen-bond donors (Lipinski definition) is 2. The minimum Gasteiger partial charge on any atom is -0.855 e. The molecule has 0 saturated heterocycles. The van der Waals surface area contributed by atoms with E-state index in [0.29, 0.717) is 0 Å². The van der Waals surface area contributed by atoms with Crippen LogP contribution >= 0.6 is 7.82 Å². The van der Waals surface area contributed by atoms with Crippen molar-refractivity contribution in [2.75, 3.05) is 13.2 Å². The van der Waals surface area contributed by atoms with Crippen molar-refractivity contribution in [3.8, 4) is 0 Å². The van der Waals surface area contributed by atoms with E-state index in [1.165, 1.54) is 0 Å². The molecule has 0 fully saturated rings. The molecule has 7 nitrogen and oxygen atoms in total. The van der Waals surface area contributed by atoms with Gasteiger partial charge in [0.2, 0.25) is 0 Å². The van der Waals surface area contributed by atoms with Crippen LogP contribution in [0.25, 0.3) is 0 Å². The first-order chi connectivity index (χ1) is 4.45.